The second-order valence-corrected chi connectivity index (χ2v) is 8.56. The molecule has 0 saturated heterocycles. The highest BCUT2D eigenvalue weighted by molar-refractivity contribution is 5.28. The van der Waals surface area contributed by atoms with Gasteiger partial charge in [0, 0.05) is 0 Å². The zero-order valence-corrected chi connectivity index (χ0v) is 12.9. The zero-order chi connectivity index (χ0) is 13.1. The van der Waals surface area contributed by atoms with Gasteiger partial charge < -0.3 is 0 Å². The topological polar surface area (TPSA) is 0 Å². The molecular formula is C20H34. The van der Waals surface area contributed by atoms with Crippen molar-refractivity contribution in [2.45, 2.75) is 85.5 Å². The molecule has 0 nitrogen and oxygen atoms in total. The Hall–Kier alpha value is -0.260. The molecule has 0 heteroatoms. The van der Waals surface area contributed by atoms with Crippen LogP contribution in [0.3, 0.4) is 0 Å². The first kappa shape index (κ1) is 14.7. The second-order valence-electron chi connectivity index (χ2n) is 8.56. The van der Waals surface area contributed by atoms with Crippen molar-refractivity contribution in [3.8, 4) is 0 Å². The molecule has 0 amide bonds. The van der Waals surface area contributed by atoms with Gasteiger partial charge in [-0.05, 0) is 73.5 Å². The summed E-state index contributed by atoms with van der Waals surface area (Å²) in [6.45, 7) is 5.22. The summed E-state index contributed by atoms with van der Waals surface area (Å²) in [6.07, 6.45) is 17.7. The summed E-state index contributed by atoms with van der Waals surface area (Å²) in [5.41, 5.74) is 3.21. The molecule has 0 radical (unpaired) electrons. The van der Waals surface area contributed by atoms with Crippen LogP contribution in [0.5, 0.6) is 0 Å². The van der Waals surface area contributed by atoms with Crippen molar-refractivity contribution >= 4 is 0 Å². The Morgan fingerprint density at radius 1 is 0.950 bits per heavy atom. The largest absolute Gasteiger partial charge is 0.0839 e. The summed E-state index contributed by atoms with van der Waals surface area (Å²) in [5.74, 6) is 3.03. The fourth-order valence-corrected chi connectivity index (χ4v) is 6.55. The van der Waals surface area contributed by atoms with Gasteiger partial charge in [-0.2, -0.15) is 0 Å². The molecule has 4 rings (SSSR count). The lowest BCUT2D eigenvalue weighted by Crippen LogP contribution is -2.45. The van der Waals surface area contributed by atoms with Gasteiger partial charge in [-0.3, -0.25) is 0 Å². The summed E-state index contributed by atoms with van der Waals surface area (Å²) < 4.78 is 0. The van der Waals surface area contributed by atoms with Gasteiger partial charge in [0.05, 0.1) is 0 Å². The maximum atomic E-state index is 2.74. The summed E-state index contributed by atoms with van der Waals surface area (Å²) in [4.78, 5) is 0. The Morgan fingerprint density at radius 3 is 2.65 bits per heavy atom. The van der Waals surface area contributed by atoms with Crippen LogP contribution in [-0.2, 0) is 0 Å². The minimum atomic E-state index is 0. The lowest BCUT2D eigenvalue weighted by molar-refractivity contribution is 0.0439. The smallest absolute Gasteiger partial charge is 0.00853 e. The van der Waals surface area contributed by atoms with Crippen molar-refractivity contribution in [2.24, 2.45) is 28.6 Å². The standard InChI is InChI=1S/C19H30.CH4/c1-18-11-5-7-16(18)15-9-8-14-6-3-4-12-19(14,2)17(15)10-13-18;/h10,14-16H,3-9,11-13H2,1-2H3;1H4. The first-order valence-corrected chi connectivity index (χ1v) is 8.84. The van der Waals surface area contributed by atoms with Gasteiger partial charge in [-0.15, -0.1) is 0 Å². The average Bonchev–Trinajstić information content (AvgIpc) is 2.79. The number of rotatable bonds is 0. The van der Waals surface area contributed by atoms with Crippen molar-refractivity contribution < 1.29 is 0 Å². The van der Waals surface area contributed by atoms with E-state index in [4.69, 9.17) is 0 Å². The fourth-order valence-electron chi connectivity index (χ4n) is 6.55. The highest BCUT2D eigenvalue weighted by atomic mass is 14.6. The molecule has 0 heterocycles. The Labute approximate surface area is 126 Å². The SMILES string of the molecule is C.CC12CC=C3C(CCC4CCCCC34C)C1CCC2. The van der Waals surface area contributed by atoms with E-state index in [2.05, 4.69) is 19.9 Å². The van der Waals surface area contributed by atoms with Gasteiger partial charge in [0.1, 0.15) is 0 Å². The van der Waals surface area contributed by atoms with E-state index in [1.807, 2.05) is 5.57 Å². The maximum absolute atomic E-state index is 2.74. The van der Waals surface area contributed by atoms with E-state index in [-0.39, 0.29) is 7.43 Å². The molecule has 3 fully saturated rings. The predicted octanol–water partition coefficient (Wildman–Crippen LogP) is 6.37. The zero-order valence-electron chi connectivity index (χ0n) is 12.9. The highest BCUT2D eigenvalue weighted by Crippen LogP contribution is 2.63. The molecule has 0 aromatic heterocycles. The van der Waals surface area contributed by atoms with E-state index in [0.29, 0.717) is 10.8 Å². The van der Waals surface area contributed by atoms with Crippen LogP contribution >= 0.6 is 0 Å². The van der Waals surface area contributed by atoms with E-state index >= 15 is 0 Å². The lowest BCUT2D eigenvalue weighted by atomic mass is 9.49. The molecule has 3 saturated carbocycles. The monoisotopic (exact) mass is 274 g/mol. The molecule has 0 aliphatic heterocycles. The van der Waals surface area contributed by atoms with Gasteiger partial charge in [0.2, 0.25) is 0 Å². The summed E-state index contributed by atoms with van der Waals surface area (Å²) >= 11 is 0. The lowest BCUT2D eigenvalue weighted by Gasteiger charge is -2.55. The van der Waals surface area contributed by atoms with E-state index < -0.39 is 0 Å². The molecule has 0 N–H and O–H groups in total. The van der Waals surface area contributed by atoms with E-state index in [1.54, 1.807) is 0 Å². The normalized spacial score (nSPS) is 50.3. The minimum absolute atomic E-state index is 0. The van der Waals surface area contributed by atoms with Crippen LogP contribution in [0.15, 0.2) is 11.6 Å². The molecule has 0 spiro atoms. The van der Waals surface area contributed by atoms with Gasteiger partial charge >= 0.3 is 0 Å². The van der Waals surface area contributed by atoms with Crippen LogP contribution in [0, 0.1) is 28.6 Å². The summed E-state index contributed by atoms with van der Waals surface area (Å²) in [5, 5.41) is 0. The Kier molecular flexibility index (Phi) is 3.58. The van der Waals surface area contributed by atoms with Crippen LogP contribution in [0.25, 0.3) is 0 Å². The number of fused-ring (bicyclic) bond motifs is 5. The molecule has 20 heavy (non-hydrogen) atoms. The molecule has 5 unspecified atom stereocenters. The average molecular weight is 274 g/mol. The van der Waals surface area contributed by atoms with Crippen molar-refractivity contribution in [2.75, 3.05) is 0 Å². The molecule has 0 aromatic rings. The van der Waals surface area contributed by atoms with E-state index in [0.717, 1.165) is 17.8 Å². The Morgan fingerprint density at radius 2 is 1.80 bits per heavy atom. The van der Waals surface area contributed by atoms with Gasteiger partial charge in [0.25, 0.3) is 0 Å². The van der Waals surface area contributed by atoms with Crippen LogP contribution in [0.4, 0.5) is 0 Å². The first-order valence-electron chi connectivity index (χ1n) is 8.84. The van der Waals surface area contributed by atoms with E-state index in [1.165, 1.54) is 64.2 Å². The first-order chi connectivity index (χ1) is 9.13. The molecule has 5 atom stereocenters. The molecular weight excluding hydrogens is 240 g/mol. The predicted molar refractivity (Wildman–Crippen MR) is 87.7 cm³/mol. The fraction of sp³-hybridized carbons (Fsp3) is 0.900. The van der Waals surface area contributed by atoms with Crippen molar-refractivity contribution in [3.05, 3.63) is 11.6 Å². The van der Waals surface area contributed by atoms with E-state index in [9.17, 15) is 0 Å². The molecule has 0 aromatic carbocycles. The highest BCUT2D eigenvalue weighted by Gasteiger charge is 2.53. The quantitative estimate of drug-likeness (QED) is 0.450. The Bertz CT molecular complexity index is 406. The van der Waals surface area contributed by atoms with Crippen molar-refractivity contribution in [3.63, 3.8) is 0 Å². The third-order valence-corrected chi connectivity index (χ3v) is 7.72. The maximum Gasteiger partial charge on any atom is -0.00853 e. The van der Waals surface area contributed by atoms with Crippen LogP contribution in [-0.4, -0.2) is 0 Å². The molecule has 4 aliphatic carbocycles. The van der Waals surface area contributed by atoms with Gasteiger partial charge in [0.15, 0.2) is 0 Å². The van der Waals surface area contributed by atoms with Gasteiger partial charge in [-0.25, -0.2) is 0 Å². The van der Waals surface area contributed by atoms with Crippen molar-refractivity contribution in [1.82, 2.24) is 0 Å². The third-order valence-electron chi connectivity index (χ3n) is 7.72. The Balaban J connectivity index is 0.00000121. The van der Waals surface area contributed by atoms with Crippen LogP contribution in [0.1, 0.15) is 85.5 Å². The number of hydrogen-bond donors (Lipinski definition) is 0. The third kappa shape index (κ3) is 1.86. The molecule has 4 aliphatic rings. The second kappa shape index (κ2) is 4.89. The summed E-state index contributed by atoms with van der Waals surface area (Å²) in [7, 11) is 0. The molecule has 0 bridgehead atoms. The summed E-state index contributed by atoms with van der Waals surface area (Å²) in [6, 6.07) is 0. The van der Waals surface area contributed by atoms with Gasteiger partial charge in [-0.1, -0.05) is 52.2 Å². The van der Waals surface area contributed by atoms with Crippen molar-refractivity contribution in [1.29, 1.82) is 0 Å². The van der Waals surface area contributed by atoms with Crippen LogP contribution in [0.2, 0.25) is 0 Å². The molecule has 114 valence electrons. The van der Waals surface area contributed by atoms with Crippen LogP contribution < -0.4 is 0 Å². The number of hydrogen-bond acceptors (Lipinski definition) is 0. The number of allylic oxidation sites excluding steroid dienone is 2. The minimum Gasteiger partial charge on any atom is -0.0839 e.